The standard InChI is InChI=1S/C26H26N2O4S/c1-17-21(26(30)28-13-6-3-7-14-28)25(33-23(17)18-9-4-2-5-10-18)27-24(29)19-11-8-12-20-22(19)32-16-15-31-20/h2,4-5,8-12H,3,6-7,13-16H2,1H3,(H,27,29). The van der Waals surface area contributed by atoms with Crippen LogP contribution < -0.4 is 14.8 Å². The summed E-state index contributed by atoms with van der Waals surface area (Å²) in [5.41, 5.74) is 2.90. The second-order valence-electron chi connectivity index (χ2n) is 8.26. The molecule has 0 atom stereocenters. The maximum absolute atomic E-state index is 13.6. The van der Waals surface area contributed by atoms with Gasteiger partial charge in [0.05, 0.1) is 11.1 Å². The van der Waals surface area contributed by atoms with Crippen LogP contribution in [-0.4, -0.2) is 43.0 Å². The van der Waals surface area contributed by atoms with Crippen LogP contribution >= 0.6 is 11.3 Å². The number of likely N-dealkylation sites (tertiary alicyclic amines) is 1. The average molecular weight is 463 g/mol. The number of nitrogens with zero attached hydrogens (tertiary/aromatic N) is 1. The van der Waals surface area contributed by atoms with Crippen LogP contribution in [0.4, 0.5) is 5.00 Å². The number of fused-ring (bicyclic) bond motifs is 1. The van der Waals surface area contributed by atoms with Crippen molar-refractivity contribution in [3.8, 4) is 21.9 Å². The van der Waals surface area contributed by atoms with Gasteiger partial charge in [0.15, 0.2) is 11.5 Å². The molecule has 2 amide bonds. The summed E-state index contributed by atoms with van der Waals surface area (Å²) in [6.07, 6.45) is 3.16. The number of benzene rings is 2. The summed E-state index contributed by atoms with van der Waals surface area (Å²) in [4.78, 5) is 29.8. The smallest absolute Gasteiger partial charge is 0.260 e. The van der Waals surface area contributed by atoms with E-state index < -0.39 is 0 Å². The van der Waals surface area contributed by atoms with E-state index in [2.05, 4.69) is 5.32 Å². The summed E-state index contributed by atoms with van der Waals surface area (Å²) in [6.45, 7) is 4.31. The molecule has 6 nitrogen and oxygen atoms in total. The molecule has 3 heterocycles. The fourth-order valence-corrected chi connectivity index (χ4v) is 5.60. The van der Waals surface area contributed by atoms with E-state index in [-0.39, 0.29) is 11.8 Å². The number of ether oxygens (including phenoxy) is 2. The lowest BCUT2D eigenvalue weighted by atomic mass is 10.0. The summed E-state index contributed by atoms with van der Waals surface area (Å²) in [7, 11) is 0. The number of rotatable bonds is 4. The van der Waals surface area contributed by atoms with E-state index in [1.165, 1.54) is 11.3 Å². The topological polar surface area (TPSA) is 67.9 Å². The molecule has 2 aromatic carbocycles. The summed E-state index contributed by atoms with van der Waals surface area (Å²) >= 11 is 1.44. The van der Waals surface area contributed by atoms with Crippen LogP contribution in [0.5, 0.6) is 11.5 Å². The molecule has 170 valence electrons. The van der Waals surface area contributed by atoms with Gasteiger partial charge >= 0.3 is 0 Å². The minimum Gasteiger partial charge on any atom is -0.486 e. The number of thiophene rings is 1. The van der Waals surface area contributed by atoms with Gasteiger partial charge in [-0.15, -0.1) is 11.3 Å². The predicted octanol–water partition coefficient (Wildman–Crippen LogP) is 5.37. The highest BCUT2D eigenvalue weighted by Crippen LogP contribution is 2.42. The lowest BCUT2D eigenvalue weighted by Gasteiger charge is -2.27. The predicted molar refractivity (Wildman–Crippen MR) is 130 cm³/mol. The first-order valence-electron chi connectivity index (χ1n) is 11.3. The number of hydrogen-bond donors (Lipinski definition) is 1. The third-order valence-corrected chi connectivity index (χ3v) is 7.33. The highest BCUT2D eigenvalue weighted by molar-refractivity contribution is 7.20. The van der Waals surface area contributed by atoms with Crippen molar-refractivity contribution in [2.24, 2.45) is 0 Å². The number of para-hydroxylation sites is 1. The van der Waals surface area contributed by atoms with Crippen LogP contribution in [0.1, 0.15) is 45.5 Å². The van der Waals surface area contributed by atoms with Crippen LogP contribution in [0.2, 0.25) is 0 Å². The van der Waals surface area contributed by atoms with Crippen molar-refractivity contribution in [1.82, 2.24) is 4.90 Å². The van der Waals surface area contributed by atoms with E-state index in [9.17, 15) is 9.59 Å². The molecule has 2 aliphatic rings. The zero-order valence-electron chi connectivity index (χ0n) is 18.6. The zero-order chi connectivity index (χ0) is 22.8. The minimum atomic E-state index is -0.314. The van der Waals surface area contributed by atoms with E-state index in [1.807, 2.05) is 42.2 Å². The number of amides is 2. The summed E-state index contributed by atoms with van der Waals surface area (Å²) < 4.78 is 11.4. The molecule has 0 spiro atoms. The normalized spacial score (nSPS) is 15.2. The average Bonchev–Trinajstić information content (AvgIpc) is 3.19. The van der Waals surface area contributed by atoms with Crippen molar-refractivity contribution in [2.45, 2.75) is 26.2 Å². The zero-order valence-corrected chi connectivity index (χ0v) is 19.4. The summed E-state index contributed by atoms with van der Waals surface area (Å²) in [6, 6.07) is 15.3. The van der Waals surface area contributed by atoms with Crippen LogP contribution in [-0.2, 0) is 0 Å². The number of carbonyl (C=O) groups excluding carboxylic acids is 2. The fraction of sp³-hybridized carbons (Fsp3) is 0.308. The second-order valence-corrected chi connectivity index (χ2v) is 9.28. The van der Waals surface area contributed by atoms with E-state index in [0.29, 0.717) is 40.8 Å². The van der Waals surface area contributed by atoms with Gasteiger partial charge in [-0.2, -0.15) is 0 Å². The van der Waals surface area contributed by atoms with Gasteiger partial charge in [0.2, 0.25) is 0 Å². The molecule has 1 aromatic heterocycles. The van der Waals surface area contributed by atoms with E-state index in [4.69, 9.17) is 9.47 Å². The minimum absolute atomic E-state index is 0.0180. The molecular weight excluding hydrogens is 436 g/mol. The molecule has 1 saturated heterocycles. The monoisotopic (exact) mass is 462 g/mol. The van der Waals surface area contributed by atoms with Gasteiger partial charge in [0.25, 0.3) is 11.8 Å². The third kappa shape index (κ3) is 4.20. The Kier molecular flexibility index (Phi) is 6.05. The molecule has 5 rings (SSSR count). The van der Waals surface area contributed by atoms with Crippen molar-refractivity contribution in [1.29, 1.82) is 0 Å². The number of anilines is 1. The summed E-state index contributed by atoms with van der Waals surface area (Å²) in [5.74, 6) is 0.675. The Morgan fingerprint density at radius 2 is 1.70 bits per heavy atom. The van der Waals surface area contributed by atoms with E-state index in [0.717, 1.165) is 48.4 Å². The van der Waals surface area contributed by atoms with Crippen LogP contribution in [0, 0.1) is 6.92 Å². The first-order valence-corrected chi connectivity index (χ1v) is 12.1. The first-order chi connectivity index (χ1) is 16.1. The van der Waals surface area contributed by atoms with Gasteiger partial charge in [0, 0.05) is 18.0 Å². The number of hydrogen-bond acceptors (Lipinski definition) is 5. The molecule has 7 heteroatoms. The van der Waals surface area contributed by atoms with E-state index in [1.54, 1.807) is 18.2 Å². The van der Waals surface area contributed by atoms with Gasteiger partial charge < -0.3 is 19.7 Å². The van der Waals surface area contributed by atoms with Crippen molar-refractivity contribution in [3.05, 3.63) is 65.2 Å². The van der Waals surface area contributed by atoms with Gasteiger partial charge in [-0.1, -0.05) is 36.4 Å². The molecule has 33 heavy (non-hydrogen) atoms. The van der Waals surface area contributed by atoms with Crippen LogP contribution in [0.3, 0.4) is 0 Å². The lowest BCUT2D eigenvalue weighted by Crippen LogP contribution is -2.36. The molecule has 0 unspecified atom stereocenters. The van der Waals surface area contributed by atoms with Gasteiger partial charge in [0.1, 0.15) is 18.2 Å². The second kappa shape index (κ2) is 9.27. The molecule has 0 bridgehead atoms. The van der Waals surface area contributed by atoms with Gasteiger partial charge in [-0.3, -0.25) is 9.59 Å². The molecule has 0 radical (unpaired) electrons. The van der Waals surface area contributed by atoms with Gasteiger partial charge in [-0.05, 0) is 49.4 Å². The Bertz CT molecular complexity index is 1180. The highest BCUT2D eigenvalue weighted by Gasteiger charge is 2.29. The maximum atomic E-state index is 13.6. The molecule has 0 aliphatic carbocycles. The van der Waals surface area contributed by atoms with E-state index >= 15 is 0 Å². The van der Waals surface area contributed by atoms with Gasteiger partial charge in [-0.25, -0.2) is 0 Å². The number of piperidine rings is 1. The van der Waals surface area contributed by atoms with Crippen molar-refractivity contribution < 1.29 is 19.1 Å². The Balaban J connectivity index is 1.53. The Morgan fingerprint density at radius 3 is 2.48 bits per heavy atom. The maximum Gasteiger partial charge on any atom is 0.260 e. The SMILES string of the molecule is Cc1c(-c2ccccc2)sc(NC(=O)c2cccc3c2OCCO3)c1C(=O)N1CCCCC1. The lowest BCUT2D eigenvalue weighted by molar-refractivity contribution is 0.0725. The molecule has 1 N–H and O–H groups in total. The Labute approximate surface area is 197 Å². The Morgan fingerprint density at radius 1 is 0.939 bits per heavy atom. The summed E-state index contributed by atoms with van der Waals surface area (Å²) in [5, 5.41) is 3.60. The van der Waals surface area contributed by atoms with Crippen LogP contribution in [0.15, 0.2) is 48.5 Å². The molecular formula is C26H26N2O4S. The van der Waals surface area contributed by atoms with Crippen molar-refractivity contribution >= 4 is 28.2 Å². The quantitative estimate of drug-likeness (QED) is 0.566. The molecule has 1 fully saturated rings. The Hall–Kier alpha value is -3.32. The number of nitrogens with one attached hydrogen (secondary N) is 1. The number of carbonyl (C=O) groups is 2. The molecule has 3 aromatic rings. The first kappa shape index (κ1) is 21.5. The molecule has 2 aliphatic heterocycles. The van der Waals surface area contributed by atoms with Crippen molar-refractivity contribution in [2.75, 3.05) is 31.6 Å². The molecule has 0 saturated carbocycles. The highest BCUT2D eigenvalue weighted by atomic mass is 32.1. The third-order valence-electron chi connectivity index (χ3n) is 6.08. The van der Waals surface area contributed by atoms with Crippen LogP contribution in [0.25, 0.3) is 10.4 Å². The largest absolute Gasteiger partial charge is 0.486 e. The fourth-order valence-electron chi connectivity index (χ4n) is 4.40. The van der Waals surface area contributed by atoms with Crippen molar-refractivity contribution in [3.63, 3.8) is 0 Å².